The molecule has 3 heterocycles. The second-order valence-corrected chi connectivity index (χ2v) is 7.09. The van der Waals surface area contributed by atoms with Crippen molar-refractivity contribution in [3.05, 3.63) is 35.7 Å². The highest BCUT2D eigenvalue weighted by Crippen LogP contribution is 2.25. The number of aryl methyl sites for hydroxylation is 2. The van der Waals surface area contributed by atoms with Gasteiger partial charge in [-0.2, -0.15) is 0 Å². The zero-order valence-corrected chi connectivity index (χ0v) is 15.3. The van der Waals surface area contributed by atoms with E-state index in [0.29, 0.717) is 11.9 Å². The van der Waals surface area contributed by atoms with E-state index in [1.807, 2.05) is 10.6 Å². The first-order chi connectivity index (χ1) is 12.6. The van der Waals surface area contributed by atoms with Crippen LogP contribution in [0.4, 0.5) is 11.8 Å². The Morgan fingerprint density at radius 2 is 2.08 bits per heavy atom. The molecule has 3 aromatic rings. The fourth-order valence-corrected chi connectivity index (χ4v) is 3.51. The van der Waals surface area contributed by atoms with Crippen molar-refractivity contribution in [1.82, 2.24) is 24.8 Å². The number of hydrogen-bond acceptors (Lipinski definition) is 6. The van der Waals surface area contributed by atoms with Crippen LogP contribution in [0.3, 0.4) is 0 Å². The summed E-state index contributed by atoms with van der Waals surface area (Å²) in [5.41, 5.74) is 10.4. The molecule has 1 fully saturated rings. The van der Waals surface area contributed by atoms with E-state index in [-0.39, 0.29) is 0 Å². The van der Waals surface area contributed by atoms with Crippen LogP contribution in [0, 0.1) is 19.8 Å². The van der Waals surface area contributed by atoms with E-state index in [1.165, 1.54) is 24.0 Å². The van der Waals surface area contributed by atoms with E-state index in [9.17, 15) is 0 Å². The van der Waals surface area contributed by atoms with E-state index in [2.05, 4.69) is 51.6 Å². The van der Waals surface area contributed by atoms with Crippen molar-refractivity contribution in [2.45, 2.75) is 26.7 Å². The topological polar surface area (TPSA) is 93.7 Å². The number of imidazole rings is 1. The highest BCUT2D eigenvalue weighted by atomic mass is 15.2. The van der Waals surface area contributed by atoms with Crippen molar-refractivity contribution >= 4 is 22.8 Å². The molecule has 0 spiro atoms. The number of nitrogens with one attached hydrogen (secondary N) is 2. The summed E-state index contributed by atoms with van der Waals surface area (Å²) in [6.07, 6.45) is 4.05. The van der Waals surface area contributed by atoms with Gasteiger partial charge in [-0.25, -0.2) is 15.0 Å². The number of nitrogen functional groups attached to an aromatic ring is 1. The molecule has 1 unspecified atom stereocenters. The van der Waals surface area contributed by atoms with Crippen LogP contribution in [0.25, 0.3) is 16.9 Å². The Hall–Kier alpha value is -2.67. The molecule has 0 radical (unpaired) electrons. The standard InChI is InChI=1S/C19H25N7/c1-12-6-15-16(7-13(12)2)26(19(20)25-15)18-8-17(23-11-24-18)22-10-14-4-3-5-21-9-14/h6-8,11,14,21H,3-5,9-10H2,1-2H3,(H2,20,25)(H,22,23,24). The SMILES string of the molecule is Cc1cc2nc(N)n(-c3cc(NCC4CCCNC4)ncn3)c2cc1C. The molecule has 1 atom stereocenters. The minimum Gasteiger partial charge on any atom is -0.370 e. The van der Waals surface area contributed by atoms with Crippen molar-refractivity contribution in [2.24, 2.45) is 5.92 Å². The fourth-order valence-electron chi connectivity index (χ4n) is 3.51. The number of anilines is 2. The molecule has 4 N–H and O–H groups in total. The Labute approximate surface area is 153 Å². The molecule has 1 aliphatic rings. The molecule has 0 aliphatic carbocycles. The van der Waals surface area contributed by atoms with Crippen LogP contribution in [-0.2, 0) is 0 Å². The number of aromatic nitrogens is 4. The van der Waals surface area contributed by atoms with Gasteiger partial charge in [-0.05, 0) is 69.0 Å². The Balaban J connectivity index is 1.63. The minimum absolute atomic E-state index is 0.436. The van der Waals surface area contributed by atoms with Crippen LogP contribution in [0.5, 0.6) is 0 Å². The Kier molecular flexibility index (Phi) is 4.46. The maximum atomic E-state index is 6.19. The molecular weight excluding hydrogens is 326 g/mol. The monoisotopic (exact) mass is 351 g/mol. The number of fused-ring (bicyclic) bond motifs is 1. The summed E-state index contributed by atoms with van der Waals surface area (Å²) in [7, 11) is 0. The van der Waals surface area contributed by atoms with Gasteiger partial charge in [-0.15, -0.1) is 0 Å². The van der Waals surface area contributed by atoms with Crippen molar-refractivity contribution in [1.29, 1.82) is 0 Å². The van der Waals surface area contributed by atoms with Crippen molar-refractivity contribution in [2.75, 3.05) is 30.7 Å². The molecule has 136 valence electrons. The third kappa shape index (κ3) is 3.22. The van der Waals surface area contributed by atoms with Crippen LogP contribution in [0.15, 0.2) is 24.5 Å². The molecule has 1 saturated heterocycles. The zero-order valence-electron chi connectivity index (χ0n) is 15.3. The van der Waals surface area contributed by atoms with E-state index < -0.39 is 0 Å². The van der Waals surface area contributed by atoms with Gasteiger partial charge in [0.25, 0.3) is 0 Å². The normalized spacial score (nSPS) is 17.5. The summed E-state index contributed by atoms with van der Waals surface area (Å²) in [5, 5.41) is 6.88. The fraction of sp³-hybridized carbons (Fsp3) is 0.421. The lowest BCUT2D eigenvalue weighted by atomic mass is 10.00. The zero-order chi connectivity index (χ0) is 18.1. The second-order valence-electron chi connectivity index (χ2n) is 7.09. The lowest BCUT2D eigenvalue weighted by Gasteiger charge is -2.23. The largest absolute Gasteiger partial charge is 0.370 e. The van der Waals surface area contributed by atoms with Crippen LogP contribution >= 0.6 is 0 Å². The second kappa shape index (κ2) is 6.92. The lowest BCUT2D eigenvalue weighted by Crippen LogP contribution is -2.33. The maximum Gasteiger partial charge on any atom is 0.207 e. The highest BCUT2D eigenvalue weighted by Gasteiger charge is 2.15. The van der Waals surface area contributed by atoms with E-state index in [1.54, 1.807) is 6.33 Å². The molecular formula is C19H25N7. The summed E-state index contributed by atoms with van der Waals surface area (Å²) < 4.78 is 1.89. The molecule has 26 heavy (non-hydrogen) atoms. The number of nitrogens with zero attached hydrogens (tertiary/aromatic N) is 4. The average Bonchev–Trinajstić information content (AvgIpc) is 2.96. The van der Waals surface area contributed by atoms with Gasteiger partial charge in [-0.1, -0.05) is 0 Å². The molecule has 0 bridgehead atoms. The van der Waals surface area contributed by atoms with Crippen LogP contribution in [-0.4, -0.2) is 39.2 Å². The highest BCUT2D eigenvalue weighted by molar-refractivity contribution is 5.82. The van der Waals surface area contributed by atoms with Gasteiger partial charge < -0.3 is 16.4 Å². The van der Waals surface area contributed by atoms with Crippen LogP contribution in [0.2, 0.25) is 0 Å². The van der Waals surface area contributed by atoms with Gasteiger partial charge in [0.1, 0.15) is 18.0 Å². The first kappa shape index (κ1) is 16.8. The average molecular weight is 351 g/mol. The van der Waals surface area contributed by atoms with Crippen LogP contribution in [0.1, 0.15) is 24.0 Å². The summed E-state index contributed by atoms with van der Waals surface area (Å²) in [6, 6.07) is 6.10. The molecule has 1 aromatic carbocycles. The Bertz CT molecular complexity index is 925. The lowest BCUT2D eigenvalue weighted by molar-refractivity contribution is 0.392. The van der Waals surface area contributed by atoms with Crippen molar-refractivity contribution in [3.8, 4) is 5.82 Å². The first-order valence-corrected chi connectivity index (χ1v) is 9.14. The summed E-state index contributed by atoms with van der Waals surface area (Å²) in [5.74, 6) is 2.61. The predicted molar refractivity (Wildman–Crippen MR) is 105 cm³/mol. The molecule has 2 aromatic heterocycles. The van der Waals surface area contributed by atoms with E-state index >= 15 is 0 Å². The predicted octanol–water partition coefficient (Wildman–Crippen LogP) is 2.43. The number of nitrogens with two attached hydrogens (primary N) is 1. The molecule has 4 rings (SSSR count). The van der Waals surface area contributed by atoms with Gasteiger partial charge >= 0.3 is 0 Å². The van der Waals surface area contributed by atoms with Gasteiger partial charge in [-0.3, -0.25) is 4.57 Å². The summed E-state index contributed by atoms with van der Waals surface area (Å²) in [6.45, 7) is 7.26. The van der Waals surface area contributed by atoms with Gasteiger partial charge in [0.05, 0.1) is 11.0 Å². The summed E-state index contributed by atoms with van der Waals surface area (Å²) in [4.78, 5) is 13.3. The number of rotatable bonds is 4. The number of piperidine rings is 1. The molecule has 0 saturated carbocycles. The van der Waals surface area contributed by atoms with Gasteiger partial charge in [0.2, 0.25) is 5.95 Å². The van der Waals surface area contributed by atoms with E-state index in [4.69, 9.17) is 5.73 Å². The van der Waals surface area contributed by atoms with Gasteiger partial charge in [0, 0.05) is 12.6 Å². The van der Waals surface area contributed by atoms with Gasteiger partial charge in [0.15, 0.2) is 0 Å². The number of hydrogen-bond donors (Lipinski definition) is 3. The first-order valence-electron chi connectivity index (χ1n) is 9.14. The maximum absolute atomic E-state index is 6.19. The molecule has 1 aliphatic heterocycles. The third-order valence-corrected chi connectivity index (χ3v) is 5.15. The van der Waals surface area contributed by atoms with Crippen molar-refractivity contribution in [3.63, 3.8) is 0 Å². The molecule has 7 nitrogen and oxygen atoms in total. The van der Waals surface area contributed by atoms with E-state index in [0.717, 1.165) is 42.3 Å². The molecule has 7 heteroatoms. The smallest absolute Gasteiger partial charge is 0.207 e. The number of benzene rings is 1. The quantitative estimate of drug-likeness (QED) is 0.668. The Morgan fingerprint density at radius 1 is 1.23 bits per heavy atom. The minimum atomic E-state index is 0.436. The summed E-state index contributed by atoms with van der Waals surface area (Å²) >= 11 is 0. The third-order valence-electron chi connectivity index (χ3n) is 5.15. The van der Waals surface area contributed by atoms with Crippen LogP contribution < -0.4 is 16.4 Å². The molecule has 0 amide bonds. The van der Waals surface area contributed by atoms with Crippen molar-refractivity contribution < 1.29 is 0 Å². The Morgan fingerprint density at radius 3 is 2.88 bits per heavy atom.